The van der Waals surface area contributed by atoms with Crippen LogP contribution in [0.25, 0.3) is 22.2 Å². The predicted molar refractivity (Wildman–Crippen MR) is 117 cm³/mol. The highest BCUT2D eigenvalue weighted by Crippen LogP contribution is 2.25. The fourth-order valence-corrected chi connectivity index (χ4v) is 4.01. The van der Waals surface area contributed by atoms with Crippen LogP contribution in [0.4, 0.5) is 4.79 Å². The number of fused-ring (bicyclic) bond motifs is 1. The van der Waals surface area contributed by atoms with Crippen molar-refractivity contribution < 1.29 is 23.8 Å². The van der Waals surface area contributed by atoms with Crippen molar-refractivity contribution in [1.82, 2.24) is 15.2 Å². The SMILES string of the molecule is N#CN(CCc1ccc(-c2ccc3oc(=O)[nH]c3c2)cc1)C(=O)C1(NC(=O)O)CCOCC1. The van der Waals surface area contributed by atoms with Gasteiger partial charge in [0.15, 0.2) is 11.8 Å². The molecule has 2 amide bonds. The van der Waals surface area contributed by atoms with Crippen LogP contribution in [0.3, 0.4) is 0 Å². The third-order valence-corrected chi connectivity index (χ3v) is 5.80. The van der Waals surface area contributed by atoms with Crippen LogP contribution in [-0.4, -0.2) is 52.3 Å². The molecule has 10 nitrogen and oxygen atoms in total. The van der Waals surface area contributed by atoms with Gasteiger partial charge in [-0.05, 0) is 35.2 Å². The second-order valence-electron chi connectivity index (χ2n) is 7.85. The lowest BCUT2D eigenvalue weighted by atomic mass is 9.88. The molecule has 0 unspecified atom stereocenters. The number of benzene rings is 2. The number of H-pyrrole nitrogens is 1. The predicted octanol–water partition coefficient (Wildman–Crippen LogP) is 2.46. The van der Waals surface area contributed by atoms with Crippen LogP contribution in [0.2, 0.25) is 0 Å². The maximum Gasteiger partial charge on any atom is 0.417 e. The normalized spacial score (nSPS) is 15.0. The van der Waals surface area contributed by atoms with Gasteiger partial charge in [0.05, 0.1) is 5.52 Å². The lowest BCUT2D eigenvalue weighted by Crippen LogP contribution is -2.61. The van der Waals surface area contributed by atoms with E-state index in [9.17, 15) is 24.8 Å². The molecule has 0 spiro atoms. The van der Waals surface area contributed by atoms with E-state index in [1.54, 1.807) is 6.07 Å². The fourth-order valence-electron chi connectivity index (χ4n) is 4.01. The van der Waals surface area contributed by atoms with Crippen molar-refractivity contribution in [3.05, 3.63) is 58.6 Å². The number of hydrogen-bond donors (Lipinski definition) is 3. The van der Waals surface area contributed by atoms with Crippen LogP contribution in [0.15, 0.2) is 51.7 Å². The van der Waals surface area contributed by atoms with Crippen LogP contribution in [-0.2, 0) is 16.0 Å². The lowest BCUT2D eigenvalue weighted by Gasteiger charge is -2.37. The number of hydrogen-bond acceptors (Lipinski definition) is 6. The minimum absolute atomic E-state index is 0.126. The zero-order chi connectivity index (χ0) is 23.4. The number of aromatic nitrogens is 1. The van der Waals surface area contributed by atoms with Crippen LogP contribution in [0, 0.1) is 11.5 Å². The zero-order valence-electron chi connectivity index (χ0n) is 17.7. The summed E-state index contributed by atoms with van der Waals surface area (Å²) in [6.45, 7) is 0.608. The number of amides is 2. The quantitative estimate of drug-likeness (QED) is 0.386. The summed E-state index contributed by atoms with van der Waals surface area (Å²) in [7, 11) is 0. The molecule has 2 heterocycles. The van der Waals surface area contributed by atoms with E-state index in [0.717, 1.165) is 21.6 Å². The van der Waals surface area contributed by atoms with E-state index in [1.807, 2.05) is 42.6 Å². The molecule has 170 valence electrons. The van der Waals surface area contributed by atoms with Gasteiger partial charge in [-0.3, -0.25) is 9.78 Å². The van der Waals surface area contributed by atoms with E-state index in [1.165, 1.54) is 0 Å². The van der Waals surface area contributed by atoms with Gasteiger partial charge >= 0.3 is 11.8 Å². The number of ether oxygens (including phenoxy) is 1. The molecule has 0 saturated carbocycles. The molecule has 1 fully saturated rings. The van der Waals surface area contributed by atoms with Gasteiger partial charge in [0.2, 0.25) is 0 Å². The van der Waals surface area contributed by atoms with E-state index >= 15 is 0 Å². The maximum absolute atomic E-state index is 13.0. The molecule has 0 bridgehead atoms. The van der Waals surface area contributed by atoms with Gasteiger partial charge in [-0.1, -0.05) is 30.3 Å². The third-order valence-electron chi connectivity index (χ3n) is 5.80. The molecule has 4 rings (SSSR count). The Balaban J connectivity index is 1.44. The highest BCUT2D eigenvalue weighted by Gasteiger charge is 2.44. The van der Waals surface area contributed by atoms with E-state index in [4.69, 9.17) is 9.15 Å². The molecule has 0 atom stereocenters. The Labute approximate surface area is 188 Å². The number of nitriles is 1. The van der Waals surface area contributed by atoms with E-state index in [0.29, 0.717) is 17.5 Å². The highest BCUT2D eigenvalue weighted by atomic mass is 16.5. The molecule has 3 N–H and O–H groups in total. The largest absolute Gasteiger partial charge is 0.465 e. The Hall–Kier alpha value is -4.10. The molecule has 1 aromatic heterocycles. The monoisotopic (exact) mass is 450 g/mol. The van der Waals surface area contributed by atoms with Gasteiger partial charge in [0.25, 0.3) is 5.91 Å². The fraction of sp³-hybridized carbons (Fsp3) is 0.304. The molecule has 0 radical (unpaired) electrons. The van der Waals surface area contributed by atoms with Crippen LogP contribution < -0.4 is 11.1 Å². The molecule has 3 aromatic rings. The third kappa shape index (κ3) is 4.73. The Bertz CT molecular complexity index is 1260. The van der Waals surface area contributed by atoms with Crippen molar-refractivity contribution in [3.63, 3.8) is 0 Å². The minimum Gasteiger partial charge on any atom is -0.465 e. The van der Waals surface area contributed by atoms with Crippen molar-refractivity contribution in [2.75, 3.05) is 19.8 Å². The van der Waals surface area contributed by atoms with Crippen molar-refractivity contribution >= 4 is 23.1 Å². The van der Waals surface area contributed by atoms with E-state index in [2.05, 4.69) is 10.3 Å². The molecular formula is C23H22N4O6. The Morgan fingerprint density at radius 3 is 2.52 bits per heavy atom. The van der Waals surface area contributed by atoms with Gasteiger partial charge in [0.1, 0.15) is 5.54 Å². The molecule has 33 heavy (non-hydrogen) atoms. The van der Waals surface area contributed by atoms with E-state index in [-0.39, 0.29) is 32.6 Å². The zero-order valence-corrected chi connectivity index (χ0v) is 17.7. The number of nitrogens with zero attached hydrogens (tertiary/aromatic N) is 2. The second-order valence-corrected chi connectivity index (χ2v) is 7.85. The molecule has 1 saturated heterocycles. The number of oxazole rings is 1. The van der Waals surface area contributed by atoms with Gasteiger partial charge in [-0.25, -0.2) is 14.5 Å². The summed E-state index contributed by atoms with van der Waals surface area (Å²) in [5, 5.41) is 21.1. The summed E-state index contributed by atoms with van der Waals surface area (Å²) in [5.41, 5.74) is 2.50. The topological polar surface area (TPSA) is 149 Å². The first-order valence-corrected chi connectivity index (χ1v) is 10.4. The summed E-state index contributed by atoms with van der Waals surface area (Å²) in [4.78, 5) is 39.3. The second kappa shape index (κ2) is 9.18. The van der Waals surface area contributed by atoms with Crippen LogP contribution in [0.5, 0.6) is 0 Å². The number of aromatic amines is 1. The molecule has 0 aliphatic carbocycles. The smallest absolute Gasteiger partial charge is 0.417 e. The van der Waals surface area contributed by atoms with Gasteiger partial charge in [-0.15, -0.1) is 0 Å². The molecule has 1 aliphatic rings. The van der Waals surface area contributed by atoms with Crippen LogP contribution in [0.1, 0.15) is 18.4 Å². The lowest BCUT2D eigenvalue weighted by molar-refractivity contribution is -0.139. The summed E-state index contributed by atoms with van der Waals surface area (Å²) >= 11 is 0. The number of rotatable bonds is 6. The summed E-state index contributed by atoms with van der Waals surface area (Å²) in [6.07, 6.45) is 1.37. The van der Waals surface area contributed by atoms with Crippen molar-refractivity contribution in [2.45, 2.75) is 24.8 Å². The maximum atomic E-state index is 13.0. The Morgan fingerprint density at radius 1 is 1.15 bits per heavy atom. The highest BCUT2D eigenvalue weighted by molar-refractivity contribution is 5.91. The molecule has 10 heteroatoms. The minimum atomic E-state index is -1.35. The summed E-state index contributed by atoms with van der Waals surface area (Å²) < 4.78 is 10.3. The van der Waals surface area contributed by atoms with Crippen molar-refractivity contribution in [2.24, 2.45) is 0 Å². The van der Waals surface area contributed by atoms with Gasteiger partial charge in [0, 0.05) is 32.6 Å². The van der Waals surface area contributed by atoms with Crippen LogP contribution >= 0.6 is 0 Å². The number of carboxylic acid groups (broad SMARTS) is 1. The van der Waals surface area contributed by atoms with Crippen molar-refractivity contribution in [1.29, 1.82) is 5.26 Å². The molecular weight excluding hydrogens is 428 g/mol. The standard InChI is InChI=1S/C23H22N4O6/c24-14-27(20(28)23(26-21(29)30)8-11-32-12-9-23)10-7-15-1-3-16(4-2-15)17-5-6-19-18(13-17)25-22(31)33-19/h1-6,13,26H,7-12H2,(H,25,31)(H,29,30). The number of nitrogens with one attached hydrogen (secondary N) is 2. The number of carbonyl (C=O) groups excluding carboxylic acids is 1. The first-order valence-electron chi connectivity index (χ1n) is 10.4. The van der Waals surface area contributed by atoms with Crippen molar-refractivity contribution in [3.8, 4) is 17.3 Å². The Kier molecular flexibility index (Phi) is 6.15. The summed E-state index contributed by atoms with van der Waals surface area (Å²) in [5.74, 6) is -1.06. The van der Waals surface area contributed by atoms with E-state index < -0.39 is 23.3 Å². The Morgan fingerprint density at radius 2 is 1.85 bits per heavy atom. The first-order chi connectivity index (χ1) is 15.9. The average Bonchev–Trinajstić information content (AvgIpc) is 3.19. The van der Waals surface area contributed by atoms with Gasteiger partial charge in [-0.2, -0.15) is 5.26 Å². The molecule has 1 aliphatic heterocycles. The molecule has 2 aromatic carbocycles. The van der Waals surface area contributed by atoms with Gasteiger partial charge < -0.3 is 19.6 Å². The first kappa shape index (κ1) is 22.1. The number of carbonyl (C=O) groups is 2. The summed E-state index contributed by atoms with van der Waals surface area (Å²) in [6, 6.07) is 13.0. The average molecular weight is 450 g/mol.